The van der Waals surface area contributed by atoms with Gasteiger partial charge in [0.25, 0.3) is 0 Å². The van der Waals surface area contributed by atoms with Crippen LogP contribution in [0.2, 0.25) is 0 Å². The van der Waals surface area contributed by atoms with Crippen molar-refractivity contribution in [1.82, 2.24) is 5.32 Å². The summed E-state index contributed by atoms with van der Waals surface area (Å²) >= 11 is 0. The van der Waals surface area contributed by atoms with E-state index in [2.05, 4.69) is 10.6 Å². The molecular formula is C14H22N2O3. The second kappa shape index (κ2) is 7.63. The largest absolute Gasteiger partial charge is 0.497 e. The second-order valence-electron chi connectivity index (χ2n) is 4.76. The Hall–Kier alpha value is -1.75. The lowest BCUT2D eigenvalue weighted by Crippen LogP contribution is -2.33. The monoisotopic (exact) mass is 266 g/mol. The second-order valence-corrected chi connectivity index (χ2v) is 4.76. The summed E-state index contributed by atoms with van der Waals surface area (Å²) in [5.74, 6) is 0.927. The van der Waals surface area contributed by atoms with Crippen LogP contribution >= 0.6 is 0 Å². The standard InChI is InChI=1S/C14H22N2O3/c1-10(7-11(2)17)9-15-14(18)16-12-5-4-6-13(8-12)19-3/h4-6,8,10-11,17H,7,9H2,1-3H3,(H2,15,16,18). The molecule has 0 aliphatic heterocycles. The maximum Gasteiger partial charge on any atom is 0.319 e. The first-order valence-corrected chi connectivity index (χ1v) is 6.38. The van der Waals surface area contributed by atoms with Gasteiger partial charge in [-0.15, -0.1) is 0 Å². The van der Waals surface area contributed by atoms with Crippen LogP contribution in [0.15, 0.2) is 24.3 Å². The van der Waals surface area contributed by atoms with Crippen LogP contribution < -0.4 is 15.4 Å². The predicted octanol–water partition coefficient (Wildman–Crippen LogP) is 2.22. The zero-order valence-corrected chi connectivity index (χ0v) is 11.6. The van der Waals surface area contributed by atoms with Crippen LogP contribution in [0.4, 0.5) is 10.5 Å². The molecule has 0 aliphatic rings. The van der Waals surface area contributed by atoms with E-state index in [4.69, 9.17) is 4.74 Å². The maximum absolute atomic E-state index is 11.7. The van der Waals surface area contributed by atoms with Crippen molar-refractivity contribution in [3.05, 3.63) is 24.3 Å². The number of anilines is 1. The average Bonchev–Trinajstić information content (AvgIpc) is 2.36. The number of rotatable bonds is 6. The molecule has 1 rings (SSSR count). The highest BCUT2D eigenvalue weighted by atomic mass is 16.5. The minimum absolute atomic E-state index is 0.232. The average molecular weight is 266 g/mol. The molecule has 0 heterocycles. The molecule has 0 fully saturated rings. The molecule has 0 saturated carbocycles. The minimum Gasteiger partial charge on any atom is -0.497 e. The number of hydrogen-bond donors (Lipinski definition) is 3. The number of ether oxygens (including phenoxy) is 1. The van der Waals surface area contributed by atoms with Crippen molar-refractivity contribution in [3.63, 3.8) is 0 Å². The zero-order valence-electron chi connectivity index (χ0n) is 11.6. The van der Waals surface area contributed by atoms with E-state index < -0.39 is 0 Å². The number of amides is 2. The van der Waals surface area contributed by atoms with Crippen molar-refractivity contribution in [2.75, 3.05) is 19.0 Å². The lowest BCUT2D eigenvalue weighted by atomic mass is 10.1. The summed E-state index contributed by atoms with van der Waals surface area (Å²) < 4.78 is 5.08. The molecule has 3 N–H and O–H groups in total. The fraction of sp³-hybridized carbons (Fsp3) is 0.500. The molecule has 0 bridgehead atoms. The van der Waals surface area contributed by atoms with Crippen LogP contribution in [-0.4, -0.2) is 30.9 Å². The number of aliphatic hydroxyl groups excluding tert-OH is 1. The fourth-order valence-electron chi connectivity index (χ4n) is 1.81. The van der Waals surface area contributed by atoms with Crippen LogP contribution in [0.5, 0.6) is 5.75 Å². The van der Waals surface area contributed by atoms with Crippen molar-refractivity contribution in [2.24, 2.45) is 5.92 Å². The van der Waals surface area contributed by atoms with E-state index in [1.165, 1.54) is 0 Å². The van der Waals surface area contributed by atoms with Crippen LogP contribution in [-0.2, 0) is 0 Å². The van der Waals surface area contributed by atoms with Gasteiger partial charge in [0.2, 0.25) is 0 Å². The normalized spacial score (nSPS) is 13.5. The van der Waals surface area contributed by atoms with Crippen molar-refractivity contribution in [2.45, 2.75) is 26.4 Å². The van der Waals surface area contributed by atoms with Crippen LogP contribution in [0, 0.1) is 5.92 Å². The van der Waals surface area contributed by atoms with Gasteiger partial charge in [-0.25, -0.2) is 4.79 Å². The summed E-state index contributed by atoms with van der Waals surface area (Å²) in [4.78, 5) is 11.7. The van der Waals surface area contributed by atoms with Crippen LogP contribution in [0.3, 0.4) is 0 Å². The molecule has 5 heteroatoms. The summed E-state index contributed by atoms with van der Waals surface area (Å²) in [5, 5.41) is 14.7. The summed E-state index contributed by atoms with van der Waals surface area (Å²) in [6.07, 6.45) is 0.317. The van der Waals surface area contributed by atoms with Crippen LogP contribution in [0.25, 0.3) is 0 Å². The van der Waals surface area contributed by atoms with Crippen molar-refractivity contribution in [1.29, 1.82) is 0 Å². The number of urea groups is 1. The molecule has 2 amide bonds. The first kappa shape index (κ1) is 15.3. The summed E-state index contributed by atoms with van der Waals surface area (Å²) in [6.45, 7) is 4.26. The summed E-state index contributed by atoms with van der Waals surface area (Å²) in [7, 11) is 1.58. The van der Waals surface area contributed by atoms with Gasteiger partial charge in [0.05, 0.1) is 13.2 Å². The third-order valence-corrected chi connectivity index (χ3v) is 2.68. The number of nitrogens with one attached hydrogen (secondary N) is 2. The first-order valence-electron chi connectivity index (χ1n) is 6.38. The molecule has 19 heavy (non-hydrogen) atoms. The molecule has 0 saturated heterocycles. The molecule has 0 aromatic heterocycles. The van der Waals surface area contributed by atoms with Crippen molar-refractivity contribution < 1.29 is 14.6 Å². The smallest absolute Gasteiger partial charge is 0.319 e. The Bertz CT molecular complexity index is 407. The molecule has 0 radical (unpaired) electrons. The van der Waals surface area contributed by atoms with Gasteiger partial charge in [-0.1, -0.05) is 13.0 Å². The maximum atomic E-state index is 11.7. The van der Waals surface area contributed by atoms with E-state index in [1.54, 1.807) is 26.2 Å². The number of carbonyl (C=O) groups is 1. The Morgan fingerprint density at radius 2 is 2.16 bits per heavy atom. The molecule has 1 aromatic carbocycles. The van der Waals surface area contributed by atoms with E-state index in [-0.39, 0.29) is 18.1 Å². The van der Waals surface area contributed by atoms with Gasteiger partial charge in [-0.3, -0.25) is 0 Å². The van der Waals surface area contributed by atoms with Gasteiger partial charge in [-0.2, -0.15) is 0 Å². The number of methoxy groups -OCH3 is 1. The quantitative estimate of drug-likeness (QED) is 0.739. The number of hydrogen-bond acceptors (Lipinski definition) is 3. The van der Waals surface area contributed by atoms with Crippen molar-refractivity contribution in [3.8, 4) is 5.75 Å². The molecular weight excluding hydrogens is 244 g/mol. The third kappa shape index (κ3) is 6.10. The SMILES string of the molecule is COc1cccc(NC(=O)NCC(C)CC(C)O)c1. The highest BCUT2D eigenvalue weighted by Crippen LogP contribution is 2.16. The fourth-order valence-corrected chi connectivity index (χ4v) is 1.81. The highest BCUT2D eigenvalue weighted by Gasteiger charge is 2.08. The van der Waals surface area contributed by atoms with E-state index in [1.807, 2.05) is 19.1 Å². The van der Waals surface area contributed by atoms with E-state index >= 15 is 0 Å². The Morgan fingerprint density at radius 1 is 1.42 bits per heavy atom. The molecule has 2 atom stereocenters. The van der Waals surface area contributed by atoms with E-state index in [9.17, 15) is 9.90 Å². The van der Waals surface area contributed by atoms with Gasteiger partial charge >= 0.3 is 6.03 Å². The number of carbonyl (C=O) groups excluding carboxylic acids is 1. The Labute approximate surface area is 114 Å². The third-order valence-electron chi connectivity index (χ3n) is 2.68. The van der Waals surface area contributed by atoms with Crippen LogP contribution in [0.1, 0.15) is 20.3 Å². The number of aliphatic hydroxyl groups is 1. The molecule has 0 aliphatic carbocycles. The topological polar surface area (TPSA) is 70.6 Å². The Balaban J connectivity index is 2.38. The summed E-state index contributed by atoms with van der Waals surface area (Å²) in [6, 6.07) is 6.91. The first-order chi connectivity index (χ1) is 9.01. The Morgan fingerprint density at radius 3 is 2.79 bits per heavy atom. The molecule has 5 nitrogen and oxygen atoms in total. The van der Waals surface area contributed by atoms with Crippen molar-refractivity contribution >= 4 is 11.7 Å². The lowest BCUT2D eigenvalue weighted by Gasteiger charge is -2.14. The van der Waals surface area contributed by atoms with Gasteiger partial charge in [0.1, 0.15) is 5.75 Å². The van der Waals surface area contributed by atoms with Gasteiger partial charge < -0.3 is 20.5 Å². The van der Waals surface area contributed by atoms with E-state index in [0.29, 0.717) is 24.4 Å². The molecule has 0 spiro atoms. The predicted molar refractivity (Wildman–Crippen MR) is 75.5 cm³/mol. The minimum atomic E-state index is -0.349. The highest BCUT2D eigenvalue weighted by molar-refractivity contribution is 5.89. The molecule has 2 unspecified atom stereocenters. The zero-order chi connectivity index (χ0) is 14.3. The van der Waals surface area contributed by atoms with Gasteiger partial charge in [0, 0.05) is 18.3 Å². The molecule has 106 valence electrons. The Kier molecular flexibility index (Phi) is 6.15. The van der Waals surface area contributed by atoms with Gasteiger partial charge in [-0.05, 0) is 31.4 Å². The van der Waals surface area contributed by atoms with Gasteiger partial charge in [0.15, 0.2) is 0 Å². The van der Waals surface area contributed by atoms with E-state index in [0.717, 1.165) is 0 Å². The summed E-state index contributed by atoms with van der Waals surface area (Å²) in [5.41, 5.74) is 0.681. The lowest BCUT2D eigenvalue weighted by molar-refractivity contribution is 0.163. The number of benzene rings is 1. The molecule has 1 aromatic rings.